The van der Waals surface area contributed by atoms with E-state index in [9.17, 15) is 5.11 Å². The molecule has 0 aromatic heterocycles. The molecule has 1 unspecified atom stereocenters. The molecule has 0 bridgehead atoms. The molecule has 0 aliphatic heterocycles. The molecule has 0 fully saturated rings. The van der Waals surface area contributed by atoms with Gasteiger partial charge in [0.15, 0.2) is 0 Å². The quantitative estimate of drug-likeness (QED) is 0.578. The first-order valence-electron chi connectivity index (χ1n) is 8.04. The van der Waals surface area contributed by atoms with Crippen LogP contribution in [0.4, 0.5) is 0 Å². The number of aliphatic hydroxyl groups excluding tert-OH is 1. The molecule has 0 saturated carbocycles. The fourth-order valence-corrected chi connectivity index (χ4v) is 2.44. The average Bonchev–Trinajstić information content (AvgIpc) is 2.36. The zero-order valence-corrected chi connectivity index (χ0v) is 14.4. The second-order valence-corrected chi connectivity index (χ2v) is 6.42. The molecular weight excluding hydrogens is 252 g/mol. The molecule has 0 aliphatic rings. The molecule has 0 rings (SSSR count). The lowest BCUT2D eigenvalue weighted by Crippen LogP contribution is -2.51. The summed E-state index contributed by atoms with van der Waals surface area (Å²) in [5, 5.41) is 13.2. The first kappa shape index (κ1) is 19.8. The molecule has 20 heavy (non-hydrogen) atoms. The van der Waals surface area contributed by atoms with Gasteiger partial charge in [0.1, 0.15) is 0 Å². The summed E-state index contributed by atoms with van der Waals surface area (Å²) < 4.78 is 5.56. The largest absolute Gasteiger partial charge is 0.394 e. The Kier molecular flexibility index (Phi) is 10.5. The van der Waals surface area contributed by atoms with Crippen LogP contribution in [0.25, 0.3) is 0 Å². The molecule has 0 amide bonds. The zero-order valence-electron chi connectivity index (χ0n) is 14.4. The summed E-state index contributed by atoms with van der Waals surface area (Å²) >= 11 is 0. The molecule has 0 aromatic carbocycles. The number of hydrogen-bond acceptors (Lipinski definition) is 4. The van der Waals surface area contributed by atoms with Crippen molar-refractivity contribution in [2.45, 2.75) is 71.6 Å². The van der Waals surface area contributed by atoms with Gasteiger partial charge in [-0.1, -0.05) is 20.8 Å². The van der Waals surface area contributed by atoms with Gasteiger partial charge in [-0.2, -0.15) is 0 Å². The van der Waals surface area contributed by atoms with Gasteiger partial charge in [0.25, 0.3) is 0 Å². The van der Waals surface area contributed by atoms with Gasteiger partial charge in [-0.15, -0.1) is 0 Å². The first-order chi connectivity index (χ1) is 9.35. The summed E-state index contributed by atoms with van der Waals surface area (Å²) in [7, 11) is 2.13. The van der Waals surface area contributed by atoms with Gasteiger partial charge >= 0.3 is 0 Å². The van der Waals surface area contributed by atoms with Gasteiger partial charge in [0.05, 0.1) is 19.3 Å². The van der Waals surface area contributed by atoms with E-state index < -0.39 is 0 Å². The van der Waals surface area contributed by atoms with Crippen LogP contribution >= 0.6 is 0 Å². The van der Waals surface area contributed by atoms with E-state index in [1.807, 2.05) is 0 Å². The van der Waals surface area contributed by atoms with Gasteiger partial charge in [-0.05, 0) is 46.7 Å². The Balaban J connectivity index is 3.98. The molecular formula is C16H36N2O2. The van der Waals surface area contributed by atoms with Crippen LogP contribution in [0.5, 0.6) is 0 Å². The molecule has 4 nitrogen and oxygen atoms in total. The number of likely N-dealkylation sites (N-methyl/N-ethyl adjacent to an activating group) is 1. The second kappa shape index (κ2) is 10.6. The lowest BCUT2D eigenvalue weighted by Gasteiger charge is -2.35. The third-order valence-corrected chi connectivity index (χ3v) is 3.69. The van der Waals surface area contributed by atoms with Crippen LogP contribution in [0.2, 0.25) is 0 Å². The summed E-state index contributed by atoms with van der Waals surface area (Å²) in [6.45, 7) is 13.6. The van der Waals surface area contributed by atoms with Gasteiger partial charge < -0.3 is 20.1 Å². The minimum atomic E-state index is -0.122. The molecule has 1 atom stereocenters. The smallest absolute Gasteiger partial charge is 0.0613 e. The van der Waals surface area contributed by atoms with Crippen LogP contribution in [-0.4, -0.2) is 61.0 Å². The Bertz CT molecular complexity index is 229. The maximum Gasteiger partial charge on any atom is 0.0613 e. The van der Waals surface area contributed by atoms with E-state index in [0.717, 1.165) is 39.0 Å². The number of nitrogens with one attached hydrogen (secondary N) is 1. The Labute approximate surface area is 125 Å². The number of aliphatic hydroxyl groups is 1. The normalized spacial score (nSPS) is 15.3. The van der Waals surface area contributed by atoms with E-state index in [-0.39, 0.29) is 12.1 Å². The third-order valence-electron chi connectivity index (χ3n) is 3.69. The predicted molar refractivity (Wildman–Crippen MR) is 86.2 cm³/mol. The molecule has 4 heteroatoms. The SMILES string of the molecule is CCC(CO)(CCCN(C)CCOC(C)C)NC(C)C. The number of nitrogens with zero attached hydrogens (tertiary/aromatic N) is 1. The number of ether oxygens (including phenoxy) is 1. The summed E-state index contributed by atoms with van der Waals surface area (Å²) in [6.07, 6.45) is 3.36. The van der Waals surface area contributed by atoms with Crippen LogP contribution in [0.1, 0.15) is 53.9 Å². The summed E-state index contributed by atoms with van der Waals surface area (Å²) in [5.41, 5.74) is -0.122. The molecule has 122 valence electrons. The zero-order chi connectivity index (χ0) is 15.6. The molecule has 0 heterocycles. The lowest BCUT2D eigenvalue weighted by atomic mass is 9.90. The highest BCUT2D eigenvalue weighted by Crippen LogP contribution is 2.18. The molecule has 0 aromatic rings. The van der Waals surface area contributed by atoms with Gasteiger partial charge in [0.2, 0.25) is 0 Å². The number of rotatable bonds is 12. The van der Waals surface area contributed by atoms with Crippen molar-refractivity contribution in [3.8, 4) is 0 Å². The Morgan fingerprint density at radius 3 is 2.30 bits per heavy atom. The van der Waals surface area contributed by atoms with Crippen LogP contribution in [0, 0.1) is 0 Å². The Morgan fingerprint density at radius 2 is 1.85 bits per heavy atom. The van der Waals surface area contributed by atoms with Gasteiger partial charge in [0, 0.05) is 18.1 Å². The highest BCUT2D eigenvalue weighted by atomic mass is 16.5. The molecule has 0 saturated heterocycles. The Morgan fingerprint density at radius 1 is 1.20 bits per heavy atom. The minimum absolute atomic E-state index is 0.122. The fourth-order valence-electron chi connectivity index (χ4n) is 2.44. The standard InChI is InChI=1S/C16H36N2O2/c1-7-16(13-19,17-14(2)3)9-8-10-18(6)11-12-20-15(4)5/h14-15,17,19H,7-13H2,1-6H3. The van der Waals surface area contributed by atoms with Crippen molar-refractivity contribution in [3.05, 3.63) is 0 Å². The Hall–Kier alpha value is -0.160. The maximum atomic E-state index is 9.70. The van der Waals surface area contributed by atoms with Crippen LogP contribution in [0.15, 0.2) is 0 Å². The van der Waals surface area contributed by atoms with E-state index >= 15 is 0 Å². The van der Waals surface area contributed by atoms with Crippen molar-refractivity contribution in [1.29, 1.82) is 0 Å². The van der Waals surface area contributed by atoms with E-state index in [2.05, 4.69) is 51.9 Å². The van der Waals surface area contributed by atoms with Crippen molar-refractivity contribution in [2.24, 2.45) is 0 Å². The van der Waals surface area contributed by atoms with E-state index in [4.69, 9.17) is 4.74 Å². The fraction of sp³-hybridized carbons (Fsp3) is 1.00. The summed E-state index contributed by atoms with van der Waals surface area (Å²) in [4.78, 5) is 2.30. The van der Waals surface area contributed by atoms with Crippen molar-refractivity contribution >= 4 is 0 Å². The third kappa shape index (κ3) is 8.90. The molecule has 0 aliphatic carbocycles. The summed E-state index contributed by atoms with van der Waals surface area (Å²) in [5.74, 6) is 0. The highest BCUT2D eigenvalue weighted by Gasteiger charge is 2.27. The second-order valence-electron chi connectivity index (χ2n) is 6.42. The van der Waals surface area contributed by atoms with Gasteiger partial charge in [-0.3, -0.25) is 0 Å². The van der Waals surface area contributed by atoms with Crippen molar-refractivity contribution < 1.29 is 9.84 Å². The molecule has 2 N–H and O–H groups in total. The van der Waals surface area contributed by atoms with Crippen LogP contribution < -0.4 is 5.32 Å². The summed E-state index contributed by atoms with van der Waals surface area (Å²) in [6, 6.07) is 0.402. The van der Waals surface area contributed by atoms with Crippen molar-refractivity contribution in [2.75, 3.05) is 33.4 Å². The van der Waals surface area contributed by atoms with E-state index in [0.29, 0.717) is 12.1 Å². The lowest BCUT2D eigenvalue weighted by molar-refractivity contribution is 0.0624. The van der Waals surface area contributed by atoms with E-state index in [1.54, 1.807) is 0 Å². The van der Waals surface area contributed by atoms with Crippen LogP contribution in [0.3, 0.4) is 0 Å². The predicted octanol–water partition coefficient (Wildman–Crippen LogP) is 2.26. The minimum Gasteiger partial charge on any atom is -0.394 e. The van der Waals surface area contributed by atoms with Gasteiger partial charge in [-0.25, -0.2) is 0 Å². The topological polar surface area (TPSA) is 44.7 Å². The average molecular weight is 288 g/mol. The highest BCUT2D eigenvalue weighted by molar-refractivity contribution is 4.87. The maximum absolute atomic E-state index is 9.70. The number of hydrogen-bond donors (Lipinski definition) is 2. The first-order valence-corrected chi connectivity index (χ1v) is 8.04. The monoisotopic (exact) mass is 288 g/mol. The molecule has 0 radical (unpaired) electrons. The van der Waals surface area contributed by atoms with Crippen LogP contribution in [-0.2, 0) is 4.74 Å². The molecule has 0 spiro atoms. The van der Waals surface area contributed by atoms with E-state index in [1.165, 1.54) is 0 Å². The van der Waals surface area contributed by atoms with Crippen molar-refractivity contribution in [3.63, 3.8) is 0 Å². The van der Waals surface area contributed by atoms with Crippen molar-refractivity contribution in [1.82, 2.24) is 10.2 Å².